The van der Waals surface area contributed by atoms with Crippen molar-refractivity contribution in [3.63, 3.8) is 0 Å². The summed E-state index contributed by atoms with van der Waals surface area (Å²) in [6, 6.07) is 5.82. The molecule has 20 heavy (non-hydrogen) atoms. The third kappa shape index (κ3) is 2.91. The van der Waals surface area contributed by atoms with E-state index in [0.29, 0.717) is 18.1 Å². The summed E-state index contributed by atoms with van der Waals surface area (Å²) in [5.74, 6) is 1.45. The molecule has 1 aliphatic heterocycles. The average Bonchev–Trinajstić information content (AvgIpc) is 2.89. The molecule has 1 aromatic rings. The number of Topliss-reactive ketones (excluding diaryl/α,β-unsaturated/α-hetero) is 1. The van der Waals surface area contributed by atoms with Gasteiger partial charge in [0.25, 0.3) is 0 Å². The van der Waals surface area contributed by atoms with E-state index in [-0.39, 0.29) is 5.41 Å². The van der Waals surface area contributed by atoms with Gasteiger partial charge in [0.05, 0.1) is 7.11 Å². The molecule has 1 fully saturated rings. The Morgan fingerprint density at radius 1 is 1.50 bits per heavy atom. The van der Waals surface area contributed by atoms with Gasteiger partial charge < -0.3 is 10.1 Å². The minimum atomic E-state index is -0.229. The van der Waals surface area contributed by atoms with Crippen LogP contribution in [0.1, 0.15) is 25.8 Å². The summed E-state index contributed by atoms with van der Waals surface area (Å²) in [4.78, 5) is 12.8. The lowest BCUT2D eigenvalue weighted by atomic mass is 9.71. The first-order chi connectivity index (χ1) is 9.49. The number of benzene rings is 1. The molecule has 0 amide bonds. The lowest BCUT2D eigenvalue weighted by Gasteiger charge is -2.31. The Labute approximate surface area is 129 Å². The molecule has 0 radical (unpaired) electrons. The smallest absolute Gasteiger partial charge is 0.145 e. The van der Waals surface area contributed by atoms with Crippen LogP contribution in [0.2, 0.25) is 0 Å². The van der Waals surface area contributed by atoms with Crippen LogP contribution >= 0.6 is 15.9 Å². The number of carbonyl (C=O) groups is 1. The minimum Gasteiger partial charge on any atom is -0.496 e. The molecule has 1 atom stereocenters. The molecule has 110 valence electrons. The summed E-state index contributed by atoms with van der Waals surface area (Å²) in [6.07, 6.45) is 1.36. The number of halogens is 1. The second-order valence-corrected chi connectivity index (χ2v) is 6.71. The fraction of sp³-hybridized carbons (Fsp3) is 0.562. The van der Waals surface area contributed by atoms with Gasteiger partial charge in [-0.25, -0.2) is 0 Å². The summed E-state index contributed by atoms with van der Waals surface area (Å²) in [5.41, 5.74) is 0.728. The second kappa shape index (κ2) is 6.27. The maximum atomic E-state index is 12.8. The maximum absolute atomic E-state index is 12.8. The van der Waals surface area contributed by atoms with Crippen LogP contribution in [0.5, 0.6) is 5.75 Å². The average molecular weight is 340 g/mol. The highest BCUT2D eigenvalue weighted by molar-refractivity contribution is 9.10. The number of rotatable bonds is 5. The Balaban J connectivity index is 2.25. The Kier molecular flexibility index (Phi) is 4.86. The van der Waals surface area contributed by atoms with Crippen LogP contribution in [-0.2, 0) is 11.2 Å². The zero-order chi connectivity index (χ0) is 14.8. The van der Waals surface area contributed by atoms with E-state index < -0.39 is 0 Å². The van der Waals surface area contributed by atoms with Gasteiger partial charge in [0.1, 0.15) is 11.5 Å². The molecule has 0 aromatic heterocycles. The van der Waals surface area contributed by atoms with Crippen molar-refractivity contribution in [3.8, 4) is 5.75 Å². The zero-order valence-electron chi connectivity index (χ0n) is 12.3. The van der Waals surface area contributed by atoms with Crippen LogP contribution in [0.15, 0.2) is 22.7 Å². The number of ketones is 1. The monoisotopic (exact) mass is 339 g/mol. The third-order valence-electron chi connectivity index (χ3n) is 4.44. The minimum absolute atomic E-state index is 0.229. The highest BCUT2D eigenvalue weighted by Crippen LogP contribution is 2.37. The van der Waals surface area contributed by atoms with Crippen molar-refractivity contribution in [2.45, 2.75) is 26.7 Å². The van der Waals surface area contributed by atoms with Crippen LogP contribution in [0.4, 0.5) is 0 Å². The zero-order valence-corrected chi connectivity index (χ0v) is 13.9. The molecular formula is C16H22BrNO2. The van der Waals surface area contributed by atoms with Crippen LogP contribution in [0.3, 0.4) is 0 Å². The fourth-order valence-electron chi connectivity index (χ4n) is 3.00. The molecule has 3 nitrogen and oxygen atoms in total. The lowest BCUT2D eigenvalue weighted by molar-refractivity contribution is -0.129. The highest BCUT2D eigenvalue weighted by Gasteiger charge is 2.43. The molecule has 0 aliphatic carbocycles. The Bertz CT molecular complexity index is 493. The SMILES string of the molecule is COc1ccc(Br)cc1CC(=O)C1(C(C)C)CCNC1. The van der Waals surface area contributed by atoms with Gasteiger partial charge in [0, 0.05) is 28.4 Å². The largest absolute Gasteiger partial charge is 0.496 e. The van der Waals surface area contributed by atoms with Gasteiger partial charge in [-0.3, -0.25) is 4.79 Å². The molecule has 1 unspecified atom stereocenters. The van der Waals surface area contributed by atoms with Gasteiger partial charge >= 0.3 is 0 Å². The standard InChI is InChI=1S/C16H22BrNO2/c1-11(2)16(6-7-18-10-16)15(19)9-12-8-13(17)4-5-14(12)20-3/h4-5,8,11,18H,6-7,9-10H2,1-3H3. The number of methoxy groups -OCH3 is 1. The van der Waals surface area contributed by atoms with E-state index in [9.17, 15) is 4.79 Å². The van der Waals surface area contributed by atoms with Gasteiger partial charge in [-0.2, -0.15) is 0 Å². The van der Waals surface area contributed by atoms with Crippen molar-refractivity contribution in [2.75, 3.05) is 20.2 Å². The highest BCUT2D eigenvalue weighted by atomic mass is 79.9. The first-order valence-electron chi connectivity index (χ1n) is 7.06. The van der Waals surface area contributed by atoms with E-state index in [4.69, 9.17) is 4.74 Å². The molecule has 1 N–H and O–H groups in total. The van der Waals surface area contributed by atoms with Crippen LogP contribution in [-0.4, -0.2) is 26.0 Å². The van der Waals surface area contributed by atoms with Crippen molar-refractivity contribution in [3.05, 3.63) is 28.2 Å². The van der Waals surface area contributed by atoms with E-state index in [1.807, 2.05) is 18.2 Å². The van der Waals surface area contributed by atoms with Crippen molar-refractivity contribution < 1.29 is 9.53 Å². The third-order valence-corrected chi connectivity index (χ3v) is 4.94. The predicted octanol–water partition coefficient (Wildman–Crippen LogP) is 3.21. The molecule has 0 saturated carbocycles. The van der Waals surface area contributed by atoms with Crippen LogP contribution < -0.4 is 10.1 Å². The molecule has 4 heteroatoms. The molecule has 0 bridgehead atoms. The topological polar surface area (TPSA) is 38.3 Å². The van der Waals surface area contributed by atoms with E-state index in [1.54, 1.807) is 7.11 Å². The van der Waals surface area contributed by atoms with Crippen LogP contribution in [0.25, 0.3) is 0 Å². The maximum Gasteiger partial charge on any atom is 0.145 e. The summed E-state index contributed by atoms with van der Waals surface area (Å²) in [5, 5.41) is 3.34. The summed E-state index contributed by atoms with van der Waals surface area (Å²) < 4.78 is 6.34. The predicted molar refractivity (Wildman–Crippen MR) is 84.2 cm³/mol. The number of hydrogen-bond donors (Lipinski definition) is 1. The molecule has 2 rings (SSSR count). The Hall–Kier alpha value is -0.870. The van der Waals surface area contributed by atoms with Gasteiger partial charge in [0.2, 0.25) is 0 Å². The van der Waals surface area contributed by atoms with E-state index in [2.05, 4.69) is 35.1 Å². The van der Waals surface area contributed by atoms with Gasteiger partial charge in [0.15, 0.2) is 0 Å². The Morgan fingerprint density at radius 2 is 2.25 bits per heavy atom. The van der Waals surface area contributed by atoms with E-state index >= 15 is 0 Å². The van der Waals surface area contributed by atoms with Crippen LogP contribution in [0, 0.1) is 11.3 Å². The lowest BCUT2D eigenvalue weighted by Crippen LogP contribution is -2.39. The van der Waals surface area contributed by atoms with Gasteiger partial charge in [-0.15, -0.1) is 0 Å². The number of nitrogens with one attached hydrogen (secondary N) is 1. The number of carbonyl (C=O) groups excluding carboxylic acids is 1. The number of ether oxygens (including phenoxy) is 1. The number of hydrogen-bond acceptors (Lipinski definition) is 3. The fourth-order valence-corrected chi connectivity index (χ4v) is 3.41. The quantitative estimate of drug-likeness (QED) is 0.895. The van der Waals surface area contributed by atoms with Crippen molar-refractivity contribution in [2.24, 2.45) is 11.3 Å². The summed E-state index contributed by atoms with van der Waals surface area (Å²) in [6.45, 7) is 6.01. The first kappa shape index (κ1) is 15.5. The van der Waals surface area contributed by atoms with Crippen molar-refractivity contribution >= 4 is 21.7 Å². The first-order valence-corrected chi connectivity index (χ1v) is 7.85. The van der Waals surface area contributed by atoms with Gasteiger partial charge in [-0.05, 0) is 37.1 Å². The van der Waals surface area contributed by atoms with Crippen molar-refractivity contribution in [1.29, 1.82) is 0 Å². The molecule has 1 aliphatic rings. The molecule has 0 spiro atoms. The summed E-state index contributed by atoms with van der Waals surface area (Å²) >= 11 is 3.46. The molecule has 1 aromatic carbocycles. The summed E-state index contributed by atoms with van der Waals surface area (Å²) in [7, 11) is 1.65. The molecule has 1 heterocycles. The molecular weight excluding hydrogens is 318 g/mol. The van der Waals surface area contributed by atoms with Gasteiger partial charge in [-0.1, -0.05) is 29.8 Å². The normalized spacial score (nSPS) is 22.2. The Morgan fingerprint density at radius 3 is 2.80 bits per heavy atom. The van der Waals surface area contributed by atoms with E-state index in [0.717, 1.165) is 35.3 Å². The second-order valence-electron chi connectivity index (χ2n) is 5.79. The molecule has 1 saturated heterocycles. The van der Waals surface area contributed by atoms with Crippen molar-refractivity contribution in [1.82, 2.24) is 5.32 Å². The van der Waals surface area contributed by atoms with E-state index in [1.165, 1.54) is 0 Å².